The molecule has 0 unspecified atom stereocenters. The van der Waals surface area contributed by atoms with Gasteiger partial charge < -0.3 is 15.4 Å². The molecule has 0 fully saturated rings. The molecule has 0 spiro atoms. The largest absolute Gasteiger partial charge is 0.497 e. The summed E-state index contributed by atoms with van der Waals surface area (Å²) in [5, 5.41) is 8.88. The van der Waals surface area contributed by atoms with Crippen LogP contribution in [0.5, 0.6) is 5.75 Å². The van der Waals surface area contributed by atoms with E-state index < -0.39 is 0 Å². The molecule has 0 saturated heterocycles. The minimum absolute atomic E-state index is 0.774. The van der Waals surface area contributed by atoms with Crippen molar-refractivity contribution >= 4 is 44.4 Å². The lowest BCUT2D eigenvalue weighted by molar-refractivity contribution is 0.415. The summed E-state index contributed by atoms with van der Waals surface area (Å²) >= 11 is 1.60. The van der Waals surface area contributed by atoms with E-state index in [0.29, 0.717) is 0 Å². The molecule has 29 heavy (non-hydrogen) atoms. The second-order valence-corrected chi connectivity index (χ2v) is 7.70. The fourth-order valence-corrected chi connectivity index (χ4v) is 4.04. The lowest BCUT2D eigenvalue weighted by Crippen LogP contribution is -2.00. The lowest BCUT2D eigenvalue weighted by Gasteiger charge is -2.12. The van der Waals surface area contributed by atoms with Crippen molar-refractivity contribution in [1.82, 2.24) is 9.97 Å². The van der Waals surface area contributed by atoms with Gasteiger partial charge in [-0.3, -0.25) is 0 Å². The summed E-state index contributed by atoms with van der Waals surface area (Å²) in [5.74, 6) is 1.59. The molecule has 0 radical (unpaired) electrons. The quantitative estimate of drug-likeness (QED) is 0.405. The molecule has 0 aliphatic heterocycles. The normalized spacial score (nSPS) is 10.7. The van der Waals surface area contributed by atoms with Gasteiger partial charge in [-0.25, -0.2) is 9.97 Å². The number of hydrogen-bond donors (Lipinski definition) is 2. The molecule has 0 saturated carbocycles. The van der Waals surface area contributed by atoms with Gasteiger partial charge in [0.25, 0.3) is 0 Å². The third-order valence-corrected chi connectivity index (χ3v) is 5.69. The van der Waals surface area contributed by atoms with Gasteiger partial charge in [-0.2, -0.15) is 0 Å². The number of rotatable bonds is 6. The van der Waals surface area contributed by atoms with Crippen LogP contribution < -0.4 is 15.4 Å². The van der Waals surface area contributed by atoms with E-state index in [4.69, 9.17) is 4.74 Å². The van der Waals surface area contributed by atoms with Crippen LogP contribution >= 0.6 is 11.3 Å². The fourth-order valence-electron chi connectivity index (χ4n) is 3.07. The predicted octanol–water partition coefficient (Wildman–Crippen LogP) is 6.14. The number of aryl methyl sites for hydroxylation is 2. The molecular formula is C23H22N4OS. The van der Waals surface area contributed by atoms with Crippen molar-refractivity contribution in [3.05, 3.63) is 77.4 Å². The minimum atomic E-state index is 0.774. The summed E-state index contributed by atoms with van der Waals surface area (Å²) in [6.07, 6.45) is 1.58. The fraction of sp³-hybridized carbons (Fsp3) is 0.130. The summed E-state index contributed by atoms with van der Waals surface area (Å²) in [5.41, 5.74) is 7.05. The van der Waals surface area contributed by atoms with E-state index in [2.05, 4.69) is 64.6 Å². The Bertz CT molecular complexity index is 1180. The van der Waals surface area contributed by atoms with Crippen LogP contribution in [0.25, 0.3) is 15.9 Å². The maximum atomic E-state index is 5.22. The number of nitrogens with one attached hydrogen (secondary N) is 2. The highest BCUT2D eigenvalue weighted by atomic mass is 32.1. The number of methoxy groups -OCH3 is 1. The van der Waals surface area contributed by atoms with E-state index in [0.717, 1.165) is 44.4 Å². The molecule has 0 amide bonds. The Hall–Kier alpha value is -3.38. The Morgan fingerprint density at radius 2 is 1.86 bits per heavy atom. The summed E-state index contributed by atoms with van der Waals surface area (Å²) < 4.78 is 6.20. The summed E-state index contributed by atoms with van der Waals surface area (Å²) in [4.78, 5) is 8.95. The van der Waals surface area contributed by atoms with Gasteiger partial charge in [0.15, 0.2) is 5.82 Å². The van der Waals surface area contributed by atoms with E-state index in [1.165, 1.54) is 11.1 Å². The van der Waals surface area contributed by atoms with Crippen LogP contribution in [0.2, 0.25) is 0 Å². The van der Waals surface area contributed by atoms with Gasteiger partial charge in [0.2, 0.25) is 0 Å². The highest BCUT2D eigenvalue weighted by Crippen LogP contribution is 2.34. The number of fused-ring (bicyclic) bond motifs is 1. The summed E-state index contributed by atoms with van der Waals surface area (Å²) in [6.45, 7) is 8.41. The highest BCUT2D eigenvalue weighted by molar-refractivity contribution is 7.18. The van der Waals surface area contributed by atoms with Gasteiger partial charge in [-0.1, -0.05) is 18.7 Å². The standard InChI is InChI=1S/C23H22N4OS/c1-14-5-6-15(2)20(11-14)26-16(3)19-12-29-22-21(19)24-13-25-23(22)27-17-7-9-18(28-4)10-8-17/h5-13,26H,3H2,1-2,4H3,(H,24,25,27). The zero-order valence-electron chi connectivity index (χ0n) is 16.6. The molecule has 2 heterocycles. The first-order valence-electron chi connectivity index (χ1n) is 9.22. The van der Waals surface area contributed by atoms with E-state index >= 15 is 0 Å². The molecule has 0 bridgehead atoms. The second kappa shape index (κ2) is 7.93. The van der Waals surface area contributed by atoms with Crippen molar-refractivity contribution < 1.29 is 4.74 Å². The monoisotopic (exact) mass is 402 g/mol. The third kappa shape index (κ3) is 3.93. The van der Waals surface area contributed by atoms with Crippen LogP contribution in [0.3, 0.4) is 0 Å². The summed E-state index contributed by atoms with van der Waals surface area (Å²) in [7, 11) is 1.66. The third-order valence-electron chi connectivity index (χ3n) is 4.71. The number of benzene rings is 2. The number of aromatic nitrogens is 2. The molecule has 4 aromatic rings. The molecule has 0 aliphatic carbocycles. The average molecular weight is 403 g/mol. The first-order chi connectivity index (χ1) is 14.0. The molecule has 0 aliphatic rings. The molecule has 146 valence electrons. The molecule has 2 N–H and O–H groups in total. The van der Waals surface area contributed by atoms with Crippen molar-refractivity contribution in [1.29, 1.82) is 0 Å². The predicted molar refractivity (Wildman–Crippen MR) is 122 cm³/mol. The Morgan fingerprint density at radius 3 is 2.62 bits per heavy atom. The Morgan fingerprint density at radius 1 is 1.07 bits per heavy atom. The van der Waals surface area contributed by atoms with Crippen LogP contribution in [-0.2, 0) is 0 Å². The van der Waals surface area contributed by atoms with Crippen LogP contribution in [0.1, 0.15) is 16.7 Å². The van der Waals surface area contributed by atoms with Gasteiger partial charge in [0.05, 0.1) is 17.3 Å². The van der Waals surface area contributed by atoms with Gasteiger partial charge in [0, 0.05) is 28.0 Å². The second-order valence-electron chi connectivity index (χ2n) is 6.82. The molecule has 2 aromatic heterocycles. The van der Waals surface area contributed by atoms with Crippen LogP contribution in [0.4, 0.5) is 17.2 Å². The molecule has 5 nitrogen and oxygen atoms in total. The zero-order chi connectivity index (χ0) is 20.4. The van der Waals surface area contributed by atoms with E-state index in [9.17, 15) is 0 Å². The SMILES string of the molecule is C=C(Nc1cc(C)ccc1C)c1csc2c(Nc3ccc(OC)cc3)ncnc12. The van der Waals surface area contributed by atoms with Gasteiger partial charge in [-0.05, 0) is 55.3 Å². The van der Waals surface area contributed by atoms with Gasteiger partial charge in [0.1, 0.15) is 12.1 Å². The zero-order valence-corrected chi connectivity index (χ0v) is 17.4. The first kappa shape index (κ1) is 19.0. The van der Waals surface area contributed by atoms with Gasteiger partial charge >= 0.3 is 0 Å². The highest BCUT2D eigenvalue weighted by Gasteiger charge is 2.14. The maximum Gasteiger partial charge on any atom is 0.151 e. The first-order valence-corrected chi connectivity index (χ1v) is 10.1. The van der Waals surface area contributed by atoms with E-state index in [1.807, 2.05) is 24.3 Å². The van der Waals surface area contributed by atoms with Crippen LogP contribution in [0.15, 0.2) is 60.8 Å². The van der Waals surface area contributed by atoms with E-state index in [-0.39, 0.29) is 0 Å². The lowest BCUT2D eigenvalue weighted by atomic mass is 10.1. The molecule has 4 rings (SSSR count). The number of thiophene rings is 1. The van der Waals surface area contributed by atoms with Crippen molar-refractivity contribution in [3.8, 4) is 5.75 Å². The van der Waals surface area contributed by atoms with Crippen molar-refractivity contribution in [2.45, 2.75) is 13.8 Å². The Labute approximate surface area is 174 Å². The maximum absolute atomic E-state index is 5.22. The number of anilines is 3. The number of ether oxygens (including phenoxy) is 1. The smallest absolute Gasteiger partial charge is 0.151 e. The average Bonchev–Trinajstić information content (AvgIpc) is 3.17. The molecule has 0 atom stereocenters. The number of nitrogens with zero attached hydrogens (tertiary/aromatic N) is 2. The molecular weight excluding hydrogens is 380 g/mol. The van der Waals surface area contributed by atoms with Crippen LogP contribution in [0, 0.1) is 13.8 Å². The number of hydrogen-bond acceptors (Lipinski definition) is 6. The summed E-state index contributed by atoms with van der Waals surface area (Å²) in [6, 6.07) is 14.1. The van der Waals surface area contributed by atoms with E-state index in [1.54, 1.807) is 24.8 Å². The van der Waals surface area contributed by atoms with Crippen molar-refractivity contribution in [2.24, 2.45) is 0 Å². The molecule has 2 aromatic carbocycles. The van der Waals surface area contributed by atoms with Crippen LogP contribution in [-0.4, -0.2) is 17.1 Å². The molecule has 6 heteroatoms. The van der Waals surface area contributed by atoms with Gasteiger partial charge in [-0.15, -0.1) is 11.3 Å². The minimum Gasteiger partial charge on any atom is -0.497 e. The topological polar surface area (TPSA) is 59.1 Å². The van der Waals surface area contributed by atoms with Crippen molar-refractivity contribution in [2.75, 3.05) is 17.7 Å². The Kier molecular flexibility index (Phi) is 5.18. The van der Waals surface area contributed by atoms with Crippen molar-refractivity contribution in [3.63, 3.8) is 0 Å². The Balaban J connectivity index is 1.62.